The van der Waals surface area contributed by atoms with Gasteiger partial charge in [0, 0.05) is 34.2 Å². The molecule has 8 aliphatic rings. The number of Topliss-reactive ketones (excluding diaryl/α,β-unsaturated/α-hetero) is 2. The summed E-state index contributed by atoms with van der Waals surface area (Å²) in [6.45, 7) is 14.7. The summed E-state index contributed by atoms with van der Waals surface area (Å²) in [6, 6.07) is 0. The average Bonchev–Trinajstić information content (AvgIpc) is 3.80. The van der Waals surface area contributed by atoms with Gasteiger partial charge in [0.25, 0.3) is 0 Å². The lowest BCUT2D eigenvalue weighted by atomic mass is 9.73. The SMILES string of the molecule is C.C.C.C.C.C=C1O[C@@H](OC)[C@@H]2OC(C)(C)O[C@H]12.CO[C@@H]1O[C@@]2(CC(=O)C2(Cl)Cl)[C@@H]2OC(C)(C)OC12.CO[C@@H]1O[C@@]2(CC(=O)C2Cl)[C@@H]2OC(C)(C)OC12. The second kappa shape index (κ2) is 16.7. The smallest absolute Gasteiger partial charge is 0.228 e. The minimum atomic E-state index is -1.60. The fourth-order valence-electron chi connectivity index (χ4n) is 7.40. The Labute approximate surface area is 330 Å². The number of halogens is 3. The zero-order chi connectivity index (χ0) is 35.4. The summed E-state index contributed by atoms with van der Waals surface area (Å²) in [5.41, 5.74) is -1.86. The van der Waals surface area contributed by atoms with E-state index in [1.165, 1.54) is 7.11 Å². The largest absolute Gasteiger partial charge is 0.464 e. The first kappa shape index (κ1) is 50.3. The molecule has 3 unspecified atom stereocenters. The van der Waals surface area contributed by atoms with Crippen LogP contribution in [0.3, 0.4) is 0 Å². The third-order valence-electron chi connectivity index (χ3n) is 9.54. The minimum absolute atomic E-state index is 0. The lowest BCUT2D eigenvalue weighted by molar-refractivity contribution is -0.261. The van der Waals surface area contributed by atoms with Gasteiger partial charge in [-0.25, -0.2) is 0 Å². The highest BCUT2D eigenvalue weighted by Gasteiger charge is 2.78. The highest BCUT2D eigenvalue weighted by molar-refractivity contribution is 6.61. The summed E-state index contributed by atoms with van der Waals surface area (Å²) in [5, 5.41) is -0.673. The van der Waals surface area contributed by atoms with Crippen molar-refractivity contribution in [2.75, 3.05) is 21.3 Å². The van der Waals surface area contributed by atoms with Crippen LogP contribution in [0.4, 0.5) is 0 Å². The van der Waals surface area contributed by atoms with Gasteiger partial charge in [-0.05, 0) is 41.5 Å². The molecule has 2 aliphatic carbocycles. The molecule has 6 heterocycles. The summed E-state index contributed by atoms with van der Waals surface area (Å²) in [7, 11) is 4.62. The number of hydrogen-bond acceptors (Lipinski definition) is 14. The molecule has 6 aliphatic heterocycles. The van der Waals surface area contributed by atoms with E-state index in [-0.39, 0.29) is 92.2 Å². The molecule has 14 nitrogen and oxygen atoms in total. The Morgan fingerprint density at radius 1 is 0.623 bits per heavy atom. The van der Waals surface area contributed by atoms with Gasteiger partial charge in [0.1, 0.15) is 52.9 Å². The Bertz CT molecular complexity index is 1330. The molecule has 0 amide bonds. The number of ether oxygens (including phenoxy) is 12. The van der Waals surface area contributed by atoms with Gasteiger partial charge in [0.15, 0.2) is 47.6 Å². The molecule has 312 valence electrons. The average molecular weight is 826 g/mol. The molecule has 0 bridgehead atoms. The Balaban J connectivity index is 0.000000384. The Morgan fingerprint density at radius 2 is 1.08 bits per heavy atom. The first-order chi connectivity index (χ1) is 22.2. The maximum Gasteiger partial charge on any atom is 0.228 e. The monoisotopic (exact) mass is 824 g/mol. The number of rotatable bonds is 3. The van der Waals surface area contributed by atoms with Crippen LogP contribution in [0.15, 0.2) is 12.3 Å². The second-order valence-corrected chi connectivity index (χ2v) is 16.0. The predicted molar refractivity (Wildman–Crippen MR) is 199 cm³/mol. The molecule has 17 heteroatoms. The second-order valence-electron chi connectivity index (χ2n) is 14.2. The van der Waals surface area contributed by atoms with E-state index in [1.807, 2.05) is 27.7 Å². The molecule has 0 aromatic heterocycles. The molecule has 53 heavy (non-hydrogen) atoms. The lowest BCUT2D eigenvalue weighted by Crippen LogP contribution is -2.69. The van der Waals surface area contributed by atoms with Crippen LogP contribution >= 0.6 is 34.8 Å². The molecule has 0 N–H and O–H groups in total. The lowest BCUT2D eigenvalue weighted by Gasteiger charge is -2.49. The highest BCUT2D eigenvalue weighted by Crippen LogP contribution is 2.60. The number of carbonyl (C=O) groups excluding carboxylic acids is 2. The maximum atomic E-state index is 11.6. The zero-order valence-corrected chi connectivity index (χ0v) is 30.5. The molecule has 8 rings (SSSR count). The summed E-state index contributed by atoms with van der Waals surface area (Å²) in [6.07, 6.45) is -3.18. The number of alkyl halides is 3. The van der Waals surface area contributed by atoms with Crippen molar-refractivity contribution in [2.45, 2.75) is 185 Å². The van der Waals surface area contributed by atoms with E-state index in [0.29, 0.717) is 5.76 Å². The van der Waals surface area contributed by atoms with Gasteiger partial charge >= 0.3 is 0 Å². The summed E-state index contributed by atoms with van der Waals surface area (Å²) >= 11 is 18.3. The maximum absolute atomic E-state index is 11.6. The molecule has 0 radical (unpaired) electrons. The molecule has 0 aromatic rings. The molecule has 8 fully saturated rings. The van der Waals surface area contributed by atoms with Gasteiger partial charge in [-0.3, -0.25) is 9.59 Å². The molecule has 2 spiro atoms. The van der Waals surface area contributed by atoms with Crippen molar-refractivity contribution in [1.29, 1.82) is 0 Å². The van der Waals surface area contributed by atoms with Gasteiger partial charge in [-0.2, -0.15) is 0 Å². The van der Waals surface area contributed by atoms with Crippen LogP contribution in [-0.4, -0.2) is 127 Å². The molecular formula is C36H63Cl3O14. The van der Waals surface area contributed by atoms with Crippen molar-refractivity contribution in [3.63, 3.8) is 0 Å². The topological polar surface area (TPSA) is 145 Å². The summed E-state index contributed by atoms with van der Waals surface area (Å²) in [4.78, 5) is 23.0. The standard InChI is InChI=1S/C11H14Cl2O5.C11H15ClO5.C9H14O4.5CH4/c1-9(2)16-6-7(17-9)10(18-8(6)15-3)4-5(14)11(10,12)13;1-10(2)15-6-8(16-10)11(17-9(6)14-3)4-5(13)7(11)12;1-5-6-7(8(10-4)11-5)13-9(2,3)12-6;;;;;/h6-8H,4H2,1-3H3;6-9H,4H2,1-3H3;6-8H,1H2,2-4H3;5*1H4/t6?,7-,8-,10+;6?,7?,8-,9-,11-;6-,7-,8-;;;;;/m111...../s1. The van der Waals surface area contributed by atoms with Crippen molar-refractivity contribution >= 4 is 46.4 Å². The third-order valence-corrected chi connectivity index (χ3v) is 11.2. The van der Waals surface area contributed by atoms with E-state index in [4.69, 9.17) is 91.6 Å². The van der Waals surface area contributed by atoms with E-state index in [0.717, 1.165) is 0 Å². The van der Waals surface area contributed by atoms with Crippen LogP contribution < -0.4 is 0 Å². The Kier molecular flexibility index (Phi) is 15.8. The van der Waals surface area contributed by atoms with Gasteiger partial charge in [0.2, 0.25) is 10.6 Å². The highest BCUT2D eigenvalue weighted by atomic mass is 35.5. The van der Waals surface area contributed by atoms with Gasteiger partial charge < -0.3 is 56.8 Å². The normalized spacial score (nSPS) is 43.2. The van der Waals surface area contributed by atoms with E-state index >= 15 is 0 Å². The number of hydrogen-bond donors (Lipinski definition) is 0. The van der Waals surface area contributed by atoms with E-state index < -0.39 is 63.1 Å². The Hall–Kier alpha value is -0.690. The van der Waals surface area contributed by atoms with Crippen molar-refractivity contribution in [3.05, 3.63) is 12.3 Å². The fraction of sp³-hybridized carbons (Fsp3) is 0.889. The summed E-state index contributed by atoms with van der Waals surface area (Å²) < 4.78 is 65.0. The number of carbonyl (C=O) groups is 2. The van der Waals surface area contributed by atoms with Crippen LogP contribution in [0.25, 0.3) is 0 Å². The van der Waals surface area contributed by atoms with Gasteiger partial charge in [0.05, 0.1) is 0 Å². The quantitative estimate of drug-likeness (QED) is 0.289. The zero-order valence-electron chi connectivity index (χ0n) is 28.2. The molecular weight excluding hydrogens is 763 g/mol. The molecule has 2 saturated carbocycles. The van der Waals surface area contributed by atoms with Crippen molar-refractivity contribution < 1.29 is 66.4 Å². The first-order valence-corrected chi connectivity index (χ1v) is 16.8. The van der Waals surface area contributed by atoms with E-state index in [2.05, 4.69) is 6.58 Å². The van der Waals surface area contributed by atoms with Crippen molar-refractivity contribution in [3.8, 4) is 0 Å². The van der Waals surface area contributed by atoms with Gasteiger partial charge in [-0.1, -0.05) is 66.9 Å². The fourth-order valence-corrected chi connectivity index (χ4v) is 8.30. The van der Waals surface area contributed by atoms with Crippen LogP contribution in [0.5, 0.6) is 0 Å². The van der Waals surface area contributed by atoms with Crippen LogP contribution in [0, 0.1) is 0 Å². The predicted octanol–water partition coefficient (Wildman–Crippen LogP) is 6.43. The van der Waals surface area contributed by atoms with E-state index in [9.17, 15) is 9.59 Å². The molecule has 12 atom stereocenters. The third kappa shape index (κ3) is 8.07. The number of ketones is 2. The molecule has 0 aromatic carbocycles. The molecule has 6 saturated heterocycles. The Morgan fingerprint density at radius 3 is 1.53 bits per heavy atom. The van der Waals surface area contributed by atoms with Gasteiger partial charge in [-0.15, -0.1) is 11.6 Å². The first-order valence-electron chi connectivity index (χ1n) is 15.6. The van der Waals surface area contributed by atoms with Crippen molar-refractivity contribution in [2.24, 2.45) is 0 Å². The van der Waals surface area contributed by atoms with Crippen LogP contribution in [0.2, 0.25) is 0 Å². The van der Waals surface area contributed by atoms with Crippen LogP contribution in [0.1, 0.15) is 91.5 Å². The summed E-state index contributed by atoms with van der Waals surface area (Å²) in [5.74, 6) is -1.74. The number of fused-ring (bicyclic) bond motifs is 5. The van der Waals surface area contributed by atoms with Crippen molar-refractivity contribution in [1.82, 2.24) is 0 Å². The minimum Gasteiger partial charge on any atom is -0.464 e. The van der Waals surface area contributed by atoms with Crippen LogP contribution in [-0.2, 0) is 66.4 Å². The number of methoxy groups -OCH3 is 3. The van der Waals surface area contributed by atoms with E-state index in [1.54, 1.807) is 28.1 Å².